The van der Waals surface area contributed by atoms with Crippen LogP contribution in [0.3, 0.4) is 0 Å². The number of rotatable bonds is 4. The third-order valence-corrected chi connectivity index (χ3v) is 3.31. The molecule has 2 N–H and O–H groups in total. The van der Waals surface area contributed by atoms with Gasteiger partial charge < -0.3 is 10.6 Å². The molecule has 0 aliphatic carbocycles. The van der Waals surface area contributed by atoms with Gasteiger partial charge in [0.1, 0.15) is 0 Å². The lowest BCUT2D eigenvalue weighted by Crippen LogP contribution is -2.34. The first kappa shape index (κ1) is 12.8. The molecular formula is C15H20N2O. The number of nitrogens with two attached hydrogens (primary N) is 1. The van der Waals surface area contributed by atoms with Crippen molar-refractivity contribution in [2.75, 3.05) is 13.1 Å². The number of carbonyl (C=O) groups is 1. The average molecular weight is 244 g/mol. The van der Waals surface area contributed by atoms with E-state index in [9.17, 15) is 4.79 Å². The number of nitrogens with zero attached hydrogens (tertiary/aromatic N) is 1. The molecular weight excluding hydrogens is 224 g/mol. The van der Waals surface area contributed by atoms with Crippen LogP contribution in [0, 0.1) is 0 Å². The molecule has 3 heteroatoms. The van der Waals surface area contributed by atoms with Crippen LogP contribution in [0.15, 0.2) is 42.5 Å². The highest BCUT2D eigenvalue weighted by atomic mass is 16.2. The standard InChI is InChI=1S/C15H20N2O/c16-14(13-7-3-1-4-8-13)9-10-15(18)17-11-5-2-6-12-17/h1-5,7-8,14H,6,9-12,16H2. The molecule has 1 unspecified atom stereocenters. The van der Waals surface area contributed by atoms with Crippen LogP contribution in [-0.4, -0.2) is 23.9 Å². The highest BCUT2D eigenvalue weighted by molar-refractivity contribution is 5.76. The minimum atomic E-state index is -0.0458. The van der Waals surface area contributed by atoms with Crippen LogP contribution in [0.1, 0.15) is 30.9 Å². The van der Waals surface area contributed by atoms with Gasteiger partial charge in [-0.1, -0.05) is 42.5 Å². The lowest BCUT2D eigenvalue weighted by molar-refractivity contribution is -0.131. The van der Waals surface area contributed by atoms with Crippen molar-refractivity contribution in [1.29, 1.82) is 0 Å². The van der Waals surface area contributed by atoms with E-state index in [1.54, 1.807) is 0 Å². The predicted octanol–water partition coefficient (Wildman–Crippen LogP) is 2.26. The van der Waals surface area contributed by atoms with Gasteiger partial charge in [0, 0.05) is 25.6 Å². The minimum absolute atomic E-state index is 0.0458. The summed E-state index contributed by atoms with van der Waals surface area (Å²) in [4.78, 5) is 13.9. The Labute approximate surface area is 108 Å². The fraction of sp³-hybridized carbons (Fsp3) is 0.400. The van der Waals surface area contributed by atoms with Crippen LogP contribution in [0.2, 0.25) is 0 Å². The topological polar surface area (TPSA) is 46.3 Å². The third-order valence-electron chi connectivity index (χ3n) is 3.31. The summed E-state index contributed by atoms with van der Waals surface area (Å²) < 4.78 is 0. The van der Waals surface area contributed by atoms with Gasteiger partial charge in [0.15, 0.2) is 0 Å². The number of carbonyl (C=O) groups excluding carboxylic acids is 1. The molecule has 0 saturated heterocycles. The Morgan fingerprint density at radius 1 is 1.28 bits per heavy atom. The number of hydrogen-bond acceptors (Lipinski definition) is 2. The van der Waals surface area contributed by atoms with Gasteiger partial charge in [-0.3, -0.25) is 4.79 Å². The molecule has 1 aliphatic rings. The first-order valence-corrected chi connectivity index (χ1v) is 6.50. The van der Waals surface area contributed by atoms with Gasteiger partial charge in [-0.25, -0.2) is 0 Å². The van der Waals surface area contributed by atoms with E-state index in [1.807, 2.05) is 35.2 Å². The van der Waals surface area contributed by atoms with E-state index in [0.29, 0.717) is 12.8 Å². The third kappa shape index (κ3) is 3.44. The highest BCUT2D eigenvalue weighted by Crippen LogP contribution is 2.16. The van der Waals surface area contributed by atoms with E-state index in [-0.39, 0.29) is 11.9 Å². The molecule has 0 spiro atoms. The summed E-state index contributed by atoms with van der Waals surface area (Å²) in [6.07, 6.45) is 6.39. The zero-order chi connectivity index (χ0) is 12.8. The van der Waals surface area contributed by atoms with Gasteiger partial charge in [0.05, 0.1) is 0 Å². The van der Waals surface area contributed by atoms with Crippen LogP contribution in [-0.2, 0) is 4.79 Å². The van der Waals surface area contributed by atoms with Crippen molar-refractivity contribution in [3.63, 3.8) is 0 Å². The van der Waals surface area contributed by atoms with E-state index in [4.69, 9.17) is 5.73 Å². The molecule has 1 heterocycles. The van der Waals surface area contributed by atoms with Gasteiger partial charge in [0.2, 0.25) is 5.91 Å². The zero-order valence-corrected chi connectivity index (χ0v) is 10.6. The Bertz CT molecular complexity index is 414. The van der Waals surface area contributed by atoms with Crippen molar-refractivity contribution in [3.05, 3.63) is 48.0 Å². The fourth-order valence-electron chi connectivity index (χ4n) is 2.17. The molecule has 1 atom stereocenters. The molecule has 18 heavy (non-hydrogen) atoms. The molecule has 3 nitrogen and oxygen atoms in total. The molecule has 0 bridgehead atoms. The summed E-state index contributed by atoms with van der Waals surface area (Å²) in [7, 11) is 0. The molecule has 0 saturated carbocycles. The second kappa shape index (κ2) is 6.36. The van der Waals surface area contributed by atoms with Crippen LogP contribution >= 0.6 is 0 Å². The first-order chi connectivity index (χ1) is 8.77. The maximum atomic E-state index is 12.0. The van der Waals surface area contributed by atoms with Gasteiger partial charge in [-0.05, 0) is 18.4 Å². The van der Waals surface area contributed by atoms with E-state index in [1.165, 1.54) is 0 Å². The van der Waals surface area contributed by atoms with Crippen molar-refractivity contribution in [2.24, 2.45) is 5.73 Å². The summed E-state index contributed by atoms with van der Waals surface area (Å²) in [6, 6.07) is 9.91. The van der Waals surface area contributed by atoms with E-state index in [0.717, 1.165) is 25.1 Å². The van der Waals surface area contributed by atoms with Crippen LogP contribution in [0.4, 0.5) is 0 Å². The van der Waals surface area contributed by atoms with Crippen LogP contribution < -0.4 is 5.73 Å². The largest absolute Gasteiger partial charge is 0.339 e. The van der Waals surface area contributed by atoms with Crippen molar-refractivity contribution in [3.8, 4) is 0 Å². The van der Waals surface area contributed by atoms with Gasteiger partial charge in [-0.2, -0.15) is 0 Å². The monoisotopic (exact) mass is 244 g/mol. The first-order valence-electron chi connectivity index (χ1n) is 6.50. The molecule has 0 fully saturated rings. The van der Waals surface area contributed by atoms with E-state index in [2.05, 4.69) is 12.2 Å². The van der Waals surface area contributed by atoms with Crippen molar-refractivity contribution < 1.29 is 4.79 Å². The molecule has 2 rings (SSSR count). The molecule has 96 valence electrons. The summed E-state index contributed by atoms with van der Waals surface area (Å²) in [6.45, 7) is 1.59. The Morgan fingerprint density at radius 2 is 2.06 bits per heavy atom. The van der Waals surface area contributed by atoms with Crippen molar-refractivity contribution in [2.45, 2.75) is 25.3 Å². The smallest absolute Gasteiger partial charge is 0.222 e. The second-order valence-corrected chi connectivity index (χ2v) is 4.66. The summed E-state index contributed by atoms with van der Waals surface area (Å²) >= 11 is 0. The normalized spacial score (nSPS) is 16.6. The molecule has 0 radical (unpaired) electrons. The lowest BCUT2D eigenvalue weighted by Gasteiger charge is -2.24. The zero-order valence-electron chi connectivity index (χ0n) is 10.6. The van der Waals surface area contributed by atoms with Gasteiger partial charge in [0.25, 0.3) is 0 Å². The molecule has 1 amide bonds. The lowest BCUT2D eigenvalue weighted by atomic mass is 10.0. The maximum absolute atomic E-state index is 12.0. The quantitative estimate of drug-likeness (QED) is 0.826. The second-order valence-electron chi connectivity index (χ2n) is 4.66. The van der Waals surface area contributed by atoms with Crippen LogP contribution in [0.5, 0.6) is 0 Å². The molecule has 0 aromatic heterocycles. The number of benzene rings is 1. The molecule has 1 aliphatic heterocycles. The summed E-state index contributed by atoms with van der Waals surface area (Å²) in [5.41, 5.74) is 7.19. The van der Waals surface area contributed by atoms with Gasteiger partial charge >= 0.3 is 0 Å². The molecule has 1 aromatic carbocycles. The van der Waals surface area contributed by atoms with Crippen molar-refractivity contribution in [1.82, 2.24) is 4.90 Å². The minimum Gasteiger partial charge on any atom is -0.339 e. The average Bonchev–Trinajstić information content (AvgIpc) is 2.46. The van der Waals surface area contributed by atoms with Gasteiger partial charge in [-0.15, -0.1) is 0 Å². The Hall–Kier alpha value is -1.61. The summed E-state index contributed by atoms with van der Waals surface area (Å²) in [5, 5.41) is 0. The summed E-state index contributed by atoms with van der Waals surface area (Å²) in [5.74, 6) is 0.214. The maximum Gasteiger partial charge on any atom is 0.222 e. The van der Waals surface area contributed by atoms with Crippen LogP contribution in [0.25, 0.3) is 0 Å². The SMILES string of the molecule is NC(CCC(=O)N1CC=CCC1)c1ccccc1. The number of hydrogen-bond donors (Lipinski definition) is 1. The fourth-order valence-corrected chi connectivity index (χ4v) is 2.17. The highest BCUT2D eigenvalue weighted by Gasteiger charge is 2.15. The Kier molecular flexibility index (Phi) is 4.53. The Balaban J connectivity index is 1.80. The number of amides is 1. The van der Waals surface area contributed by atoms with E-state index >= 15 is 0 Å². The Morgan fingerprint density at radius 3 is 2.72 bits per heavy atom. The predicted molar refractivity (Wildman–Crippen MR) is 72.9 cm³/mol. The van der Waals surface area contributed by atoms with E-state index < -0.39 is 0 Å². The molecule has 1 aromatic rings. The van der Waals surface area contributed by atoms with Crippen molar-refractivity contribution >= 4 is 5.91 Å².